The maximum atomic E-state index is 12.3. The van der Waals surface area contributed by atoms with E-state index in [2.05, 4.69) is 0 Å². The summed E-state index contributed by atoms with van der Waals surface area (Å²) in [5, 5.41) is 0. The van der Waals surface area contributed by atoms with E-state index in [1.807, 2.05) is 6.92 Å². The van der Waals surface area contributed by atoms with E-state index < -0.39 is 5.97 Å². The van der Waals surface area contributed by atoms with Gasteiger partial charge in [0.15, 0.2) is 0 Å². The summed E-state index contributed by atoms with van der Waals surface area (Å²) in [6.45, 7) is 3.86. The number of carbonyl (C=O) groups is 3. The monoisotopic (exact) mass is 299 g/mol. The average Bonchev–Trinajstić information content (AvgIpc) is 2.80. The Bertz CT molecular complexity index is 656. The smallest absolute Gasteiger partial charge is 0.338 e. The molecule has 5 heteroatoms. The molecule has 1 aliphatic heterocycles. The van der Waals surface area contributed by atoms with Crippen LogP contribution in [0, 0.1) is 0 Å². The number of ether oxygens (including phenoxy) is 1. The Labute approximate surface area is 128 Å². The minimum atomic E-state index is -0.429. The second-order valence-electron chi connectivity index (χ2n) is 4.70. The molecule has 114 valence electrons. The molecule has 1 fully saturated rings. The Morgan fingerprint density at radius 3 is 2.55 bits per heavy atom. The number of anilines is 1. The van der Waals surface area contributed by atoms with Gasteiger partial charge in [0.25, 0.3) is 5.91 Å². The summed E-state index contributed by atoms with van der Waals surface area (Å²) in [6.07, 6.45) is 5.26. The van der Waals surface area contributed by atoms with Crippen molar-refractivity contribution in [1.82, 2.24) is 0 Å². The molecule has 0 saturated carbocycles. The molecule has 0 atom stereocenters. The fraction of sp³-hybridized carbons (Fsp3) is 0.235. The molecule has 0 N–H and O–H groups in total. The summed E-state index contributed by atoms with van der Waals surface area (Å²) < 4.78 is 4.89. The van der Waals surface area contributed by atoms with Crippen molar-refractivity contribution in [1.29, 1.82) is 0 Å². The van der Waals surface area contributed by atoms with Crippen molar-refractivity contribution in [2.24, 2.45) is 0 Å². The zero-order valence-electron chi connectivity index (χ0n) is 12.5. The van der Waals surface area contributed by atoms with Crippen LogP contribution in [0.2, 0.25) is 0 Å². The van der Waals surface area contributed by atoms with Gasteiger partial charge in [-0.05, 0) is 38.1 Å². The van der Waals surface area contributed by atoms with E-state index in [4.69, 9.17) is 4.74 Å². The molecule has 1 aromatic rings. The number of nitrogens with zero attached hydrogens (tertiary/aromatic N) is 1. The second kappa shape index (κ2) is 6.85. The van der Waals surface area contributed by atoms with Gasteiger partial charge in [-0.25, -0.2) is 9.69 Å². The largest absolute Gasteiger partial charge is 0.462 e. The van der Waals surface area contributed by atoms with Gasteiger partial charge in [0.05, 0.1) is 24.3 Å². The number of hydrogen-bond donors (Lipinski definition) is 0. The minimum Gasteiger partial charge on any atom is -0.462 e. The zero-order valence-corrected chi connectivity index (χ0v) is 12.5. The van der Waals surface area contributed by atoms with Crippen LogP contribution in [0.1, 0.15) is 30.6 Å². The Hall–Kier alpha value is -2.69. The fourth-order valence-electron chi connectivity index (χ4n) is 2.14. The molecule has 0 aromatic heterocycles. The van der Waals surface area contributed by atoms with Crippen LogP contribution in [0.25, 0.3) is 0 Å². The Kier molecular flexibility index (Phi) is 4.88. The molecule has 0 radical (unpaired) electrons. The van der Waals surface area contributed by atoms with E-state index in [0.717, 1.165) is 4.90 Å². The van der Waals surface area contributed by atoms with Gasteiger partial charge in [-0.1, -0.05) is 18.2 Å². The van der Waals surface area contributed by atoms with Crippen molar-refractivity contribution in [3.05, 3.63) is 53.6 Å². The maximum absolute atomic E-state index is 12.3. The summed E-state index contributed by atoms with van der Waals surface area (Å²) in [5.74, 6) is -1.03. The van der Waals surface area contributed by atoms with Crippen molar-refractivity contribution < 1.29 is 19.1 Å². The molecule has 2 amide bonds. The van der Waals surface area contributed by atoms with Crippen molar-refractivity contribution in [2.75, 3.05) is 11.5 Å². The number of hydrogen-bond acceptors (Lipinski definition) is 4. The average molecular weight is 299 g/mol. The molecule has 2 rings (SSSR count). The first-order valence-corrected chi connectivity index (χ1v) is 7.04. The van der Waals surface area contributed by atoms with E-state index in [-0.39, 0.29) is 18.2 Å². The van der Waals surface area contributed by atoms with Gasteiger partial charge in [0.1, 0.15) is 0 Å². The topological polar surface area (TPSA) is 63.7 Å². The van der Waals surface area contributed by atoms with Crippen molar-refractivity contribution in [3.63, 3.8) is 0 Å². The van der Waals surface area contributed by atoms with E-state index in [1.54, 1.807) is 49.4 Å². The lowest BCUT2D eigenvalue weighted by Crippen LogP contribution is -2.28. The highest BCUT2D eigenvalue weighted by Crippen LogP contribution is 2.26. The minimum absolute atomic E-state index is 0.0861. The van der Waals surface area contributed by atoms with Gasteiger partial charge in [-0.2, -0.15) is 0 Å². The molecule has 0 bridgehead atoms. The standard InChI is InChI=1S/C17H17NO4/c1-3-5-6-13-11-15(19)18(16(13)20)14-9-7-12(8-10-14)17(21)22-4-2/h3,5-10H,4,11H2,1-2H3. The quantitative estimate of drug-likeness (QED) is 0.487. The first-order chi connectivity index (χ1) is 10.6. The van der Waals surface area contributed by atoms with Crippen molar-refractivity contribution >= 4 is 23.5 Å². The molecular weight excluding hydrogens is 282 g/mol. The molecule has 0 aliphatic carbocycles. The van der Waals surface area contributed by atoms with E-state index >= 15 is 0 Å². The molecule has 1 heterocycles. The number of imide groups is 1. The van der Waals surface area contributed by atoms with Gasteiger partial charge in [0.2, 0.25) is 5.91 Å². The molecule has 1 aromatic carbocycles. The van der Waals surface area contributed by atoms with Gasteiger partial charge in [0, 0.05) is 5.57 Å². The fourth-order valence-corrected chi connectivity index (χ4v) is 2.14. The van der Waals surface area contributed by atoms with E-state index in [1.165, 1.54) is 0 Å². The highest BCUT2D eigenvalue weighted by Gasteiger charge is 2.34. The molecule has 5 nitrogen and oxygen atoms in total. The third kappa shape index (κ3) is 3.14. The van der Waals surface area contributed by atoms with Crippen molar-refractivity contribution in [2.45, 2.75) is 20.3 Å². The summed E-state index contributed by atoms with van der Waals surface area (Å²) in [6, 6.07) is 6.23. The second-order valence-corrected chi connectivity index (χ2v) is 4.70. The zero-order chi connectivity index (χ0) is 16.1. The first kappa shape index (κ1) is 15.7. The predicted molar refractivity (Wildman–Crippen MR) is 82.4 cm³/mol. The van der Waals surface area contributed by atoms with Crippen LogP contribution in [0.5, 0.6) is 0 Å². The summed E-state index contributed by atoms with van der Waals surface area (Å²) in [4.78, 5) is 37.0. The number of esters is 1. The lowest BCUT2D eigenvalue weighted by Gasteiger charge is -2.13. The molecule has 1 saturated heterocycles. The van der Waals surface area contributed by atoms with Gasteiger partial charge < -0.3 is 4.74 Å². The highest BCUT2D eigenvalue weighted by molar-refractivity contribution is 6.28. The molecule has 0 spiro atoms. The lowest BCUT2D eigenvalue weighted by molar-refractivity contribution is -0.120. The third-order valence-electron chi connectivity index (χ3n) is 3.20. The molecule has 0 unspecified atom stereocenters. The summed E-state index contributed by atoms with van der Waals surface area (Å²) >= 11 is 0. The predicted octanol–water partition coefficient (Wildman–Crippen LogP) is 2.63. The SMILES string of the molecule is CC=CC=C1CC(=O)N(c2ccc(C(=O)OCC)cc2)C1=O. The number of rotatable bonds is 4. The van der Waals surface area contributed by atoms with Crippen LogP contribution in [0.3, 0.4) is 0 Å². The van der Waals surface area contributed by atoms with Gasteiger partial charge in [-0.15, -0.1) is 0 Å². The van der Waals surface area contributed by atoms with E-state index in [9.17, 15) is 14.4 Å². The van der Waals surface area contributed by atoms with Crippen LogP contribution < -0.4 is 4.90 Å². The maximum Gasteiger partial charge on any atom is 0.338 e. The number of allylic oxidation sites excluding steroid dienone is 3. The normalized spacial score (nSPS) is 16.8. The number of amides is 2. The van der Waals surface area contributed by atoms with Crippen LogP contribution in [0.15, 0.2) is 48.1 Å². The molecule has 1 aliphatic rings. The first-order valence-electron chi connectivity index (χ1n) is 7.04. The summed E-state index contributed by atoms with van der Waals surface area (Å²) in [5.41, 5.74) is 1.29. The van der Waals surface area contributed by atoms with Crippen molar-refractivity contribution in [3.8, 4) is 0 Å². The Balaban J connectivity index is 2.23. The lowest BCUT2D eigenvalue weighted by atomic mass is 10.2. The number of carbonyl (C=O) groups excluding carboxylic acids is 3. The van der Waals surface area contributed by atoms with Gasteiger partial charge >= 0.3 is 5.97 Å². The molecular formula is C17H17NO4. The van der Waals surface area contributed by atoms with Crippen LogP contribution >= 0.6 is 0 Å². The molecule has 22 heavy (non-hydrogen) atoms. The Morgan fingerprint density at radius 1 is 1.27 bits per heavy atom. The Morgan fingerprint density at radius 2 is 1.95 bits per heavy atom. The highest BCUT2D eigenvalue weighted by atomic mass is 16.5. The third-order valence-corrected chi connectivity index (χ3v) is 3.20. The van der Waals surface area contributed by atoms with Crippen LogP contribution in [0.4, 0.5) is 5.69 Å². The van der Waals surface area contributed by atoms with Crippen LogP contribution in [-0.4, -0.2) is 24.4 Å². The number of benzene rings is 1. The summed E-state index contributed by atoms with van der Waals surface area (Å²) in [7, 11) is 0. The van der Waals surface area contributed by atoms with Gasteiger partial charge in [-0.3, -0.25) is 9.59 Å². The van der Waals surface area contributed by atoms with E-state index in [0.29, 0.717) is 23.4 Å². The van der Waals surface area contributed by atoms with Crippen LogP contribution in [-0.2, 0) is 14.3 Å².